The van der Waals surface area contributed by atoms with Gasteiger partial charge in [0.25, 0.3) is 0 Å². The Bertz CT molecular complexity index is 1240. The number of ether oxygens (including phenoxy) is 1. The molecule has 4 rings (SSSR count). The second-order valence-electron chi connectivity index (χ2n) is 6.35. The maximum Gasteiger partial charge on any atom is 0.573 e. The third kappa shape index (κ3) is 3.37. The van der Waals surface area contributed by atoms with Gasteiger partial charge in [-0.3, -0.25) is 4.79 Å². The van der Waals surface area contributed by atoms with E-state index in [0.29, 0.717) is 16.3 Å². The van der Waals surface area contributed by atoms with E-state index in [0.717, 1.165) is 0 Å². The first-order chi connectivity index (χ1) is 13.8. The second kappa shape index (κ2) is 6.80. The fraction of sp³-hybridized carbons (Fsp3) is 0.0952. The standard InChI is InChI=1S/C21H13F4N2O2/c22-15-8-3-6-13-18-14(20(26)28)7-4-9-16(18)27(19(13)15)11-12-5-1-2-10-17(12)29-21(23,24)25/h1-5,7-10H,11H2,(H2,26,28). The Kier molecular flexibility index (Phi) is 4.41. The SMILES string of the molecule is NC(=O)c1cccc2c1c1[c]ccc(F)c1n2Cc1ccccc1OC(F)(F)F. The summed E-state index contributed by atoms with van der Waals surface area (Å²) in [4.78, 5) is 11.9. The highest BCUT2D eigenvalue weighted by Crippen LogP contribution is 2.35. The van der Waals surface area contributed by atoms with Gasteiger partial charge >= 0.3 is 6.36 Å². The number of primary amides is 1. The molecule has 4 nitrogen and oxygen atoms in total. The predicted molar refractivity (Wildman–Crippen MR) is 99.0 cm³/mol. The molecule has 0 aliphatic heterocycles. The van der Waals surface area contributed by atoms with Crippen LogP contribution in [0.5, 0.6) is 5.75 Å². The Hall–Kier alpha value is -3.55. The van der Waals surface area contributed by atoms with Gasteiger partial charge in [-0.15, -0.1) is 13.2 Å². The van der Waals surface area contributed by atoms with Gasteiger partial charge in [0.1, 0.15) is 11.6 Å². The van der Waals surface area contributed by atoms with Gasteiger partial charge in [0.2, 0.25) is 5.91 Å². The number of rotatable bonds is 4. The summed E-state index contributed by atoms with van der Waals surface area (Å²) in [6.45, 7) is -0.122. The maximum atomic E-state index is 14.7. The van der Waals surface area contributed by atoms with Crippen LogP contribution in [0.1, 0.15) is 15.9 Å². The average molecular weight is 401 g/mol. The quantitative estimate of drug-likeness (QED) is 0.501. The number of alkyl halides is 3. The number of amides is 1. The van der Waals surface area contributed by atoms with Gasteiger partial charge in [0.15, 0.2) is 0 Å². The molecule has 3 aromatic carbocycles. The largest absolute Gasteiger partial charge is 0.573 e. The predicted octanol–water partition coefficient (Wildman–Crippen LogP) is 4.78. The summed E-state index contributed by atoms with van der Waals surface area (Å²) in [7, 11) is 0. The number of nitrogens with two attached hydrogens (primary N) is 1. The monoisotopic (exact) mass is 401 g/mol. The van der Waals surface area contributed by atoms with Crippen molar-refractivity contribution in [2.24, 2.45) is 5.73 Å². The summed E-state index contributed by atoms with van der Waals surface area (Å²) in [6, 6.07) is 15.8. The van der Waals surface area contributed by atoms with Crippen LogP contribution in [0.4, 0.5) is 17.6 Å². The van der Waals surface area contributed by atoms with Crippen molar-refractivity contribution in [3.05, 3.63) is 77.6 Å². The van der Waals surface area contributed by atoms with Crippen LogP contribution >= 0.6 is 0 Å². The molecule has 8 heteroatoms. The van der Waals surface area contributed by atoms with Gasteiger partial charge in [0, 0.05) is 21.9 Å². The molecule has 1 heterocycles. The van der Waals surface area contributed by atoms with Crippen molar-refractivity contribution >= 4 is 27.7 Å². The smallest absolute Gasteiger partial charge is 0.405 e. The van der Waals surface area contributed by atoms with E-state index in [1.807, 2.05) is 0 Å². The molecule has 0 fully saturated rings. The molecule has 4 aromatic rings. The summed E-state index contributed by atoms with van der Waals surface area (Å²) >= 11 is 0. The zero-order chi connectivity index (χ0) is 20.8. The van der Waals surface area contributed by atoms with Gasteiger partial charge in [-0.25, -0.2) is 4.39 Å². The van der Waals surface area contributed by atoms with E-state index < -0.39 is 18.1 Å². The molecule has 29 heavy (non-hydrogen) atoms. The number of para-hydroxylation sites is 1. The van der Waals surface area contributed by atoms with E-state index in [4.69, 9.17) is 5.73 Å². The summed E-state index contributed by atoms with van der Waals surface area (Å²) in [6.07, 6.45) is -4.87. The van der Waals surface area contributed by atoms with Gasteiger partial charge < -0.3 is 15.0 Å². The Morgan fingerprint density at radius 2 is 1.86 bits per heavy atom. The molecule has 0 unspecified atom stereocenters. The van der Waals surface area contributed by atoms with Crippen molar-refractivity contribution in [2.75, 3.05) is 0 Å². The van der Waals surface area contributed by atoms with Crippen LogP contribution in [-0.2, 0) is 6.54 Å². The first-order valence-electron chi connectivity index (χ1n) is 8.51. The molecule has 1 amide bonds. The number of hydrogen-bond donors (Lipinski definition) is 1. The summed E-state index contributed by atoms with van der Waals surface area (Å²) < 4.78 is 58.6. The molecule has 0 aliphatic carbocycles. The van der Waals surface area contributed by atoms with Crippen molar-refractivity contribution in [3.63, 3.8) is 0 Å². The number of aromatic nitrogens is 1. The van der Waals surface area contributed by atoms with Crippen LogP contribution in [-0.4, -0.2) is 16.8 Å². The minimum atomic E-state index is -4.87. The van der Waals surface area contributed by atoms with E-state index >= 15 is 0 Å². The normalized spacial score (nSPS) is 11.9. The number of benzene rings is 3. The van der Waals surface area contributed by atoms with Gasteiger partial charge in [0.05, 0.1) is 17.6 Å². The molecule has 0 saturated heterocycles. The number of hydrogen-bond acceptors (Lipinski definition) is 2. The fourth-order valence-corrected chi connectivity index (χ4v) is 3.47. The van der Waals surface area contributed by atoms with Crippen LogP contribution in [0.3, 0.4) is 0 Å². The van der Waals surface area contributed by atoms with Gasteiger partial charge in [-0.05, 0) is 30.3 Å². The van der Waals surface area contributed by atoms with Gasteiger partial charge in [-0.2, -0.15) is 0 Å². The van der Waals surface area contributed by atoms with E-state index in [-0.39, 0.29) is 28.9 Å². The Morgan fingerprint density at radius 3 is 2.59 bits per heavy atom. The lowest BCUT2D eigenvalue weighted by molar-refractivity contribution is -0.274. The van der Waals surface area contributed by atoms with Crippen molar-refractivity contribution in [2.45, 2.75) is 12.9 Å². The number of carbonyl (C=O) groups excluding carboxylic acids is 1. The molecule has 0 spiro atoms. The second-order valence-corrected chi connectivity index (χ2v) is 6.35. The molecule has 1 aromatic heterocycles. The first-order valence-corrected chi connectivity index (χ1v) is 8.51. The topological polar surface area (TPSA) is 57.2 Å². The van der Waals surface area contributed by atoms with E-state index in [2.05, 4.69) is 10.8 Å². The number of carbonyl (C=O) groups is 1. The third-order valence-corrected chi connectivity index (χ3v) is 4.57. The van der Waals surface area contributed by atoms with Crippen molar-refractivity contribution < 1.29 is 27.1 Å². The lowest BCUT2D eigenvalue weighted by Gasteiger charge is -2.15. The van der Waals surface area contributed by atoms with Crippen LogP contribution in [0, 0.1) is 11.9 Å². The summed E-state index contributed by atoms with van der Waals surface area (Å²) in [5.74, 6) is -1.69. The summed E-state index contributed by atoms with van der Waals surface area (Å²) in [5, 5.41) is 0.715. The van der Waals surface area contributed by atoms with Crippen LogP contribution in [0.2, 0.25) is 0 Å². The molecule has 0 atom stereocenters. The van der Waals surface area contributed by atoms with E-state index in [1.54, 1.807) is 18.2 Å². The first kappa shape index (κ1) is 18.8. The molecule has 2 N–H and O–H groups in total. The van der Waals surface area contributed by atoms with Crippen LogP contribution < -0.4 is 10.5 Å². The number of nitrogens with zero attached hydrogens (tertiary/aromatic N) is 1. The molecule has 147 valence electrons. The van der Waals surface area contributed by atoms with Crippen molar-refractivity contribution in [3.8, 4) is 5.75 Å². The zero-order valence-corrected chi connectivity index (χ0v) is 14.8. The lowest BCUT2D eigenvalue weighted by atomic mass is 10.1. The molecule has 0 saturated carbocycles. The van der Waals surface area contributed by atoms with Crippen molar-refractivity contribution in [1.29, 1.82) is 0 Å². The highest BCUT2D eigenvalue weighted by Gasteiger charge is 2.32. The average Bonchev–Trinajstić information content (AvgIpc) is 2.97. The highest BCUT2D eigenvalue weighted by molar-refractivity contribution is 6.17. The molecular formula is C21H13F4N2O2. The van der Waals surface area contributed by atoms with E-state index in [9.17, 15) is 22.4 Å². The fourth-order valence-electron chi connectivity index (χ4n) is 3.47. The van der Waals surface area contributed by atoms with Crippen LogP contribution in [0.25, 0.3) is 21.8 Å². The lowest BCUT2D eigenvalue weighted by Crippen LogP contribution is -2.18. The molecule has 1 radical (unpaired) electrons. The molecular weight excluding hydrogens is 388 g/mol. The number of fused-ring (bicyclic) bond motifs is 3. The minimum Gasteiger partial charge on any atom is -0.405 e. The Morgan fingerprint density at radius 1 is 1.10 bits per heavy atom. The molecule has 0 bridgehead atoms. The Balaban J connectivity index is 1.98. The highest BCUT2D eigenvalue weighted by atomic mass is 19.4. The minimum absolute atomic E-state index is 0.109. The third-order valence-electron chi connectivity index (χ3n) is 4.57. The maximum absolute atomic E-state index is 14.7. The van der Waals surface area contributed by atoms with Crippen molar-refractivity contribution in [1.82, 2.24) is 4.57 Å². The zero-order valence-electron chi connectivity index (χ0n) is 14.8. The van der Waals surface area contributed by atoms with E-state index in [1.165, 1.54) is 41.0 Å². The molecule has 0 aliphatic rings. The Labute approximate surface area is 162 Å². The number of halogens is 4. The summed E-state index contributed by atoms with van der Waals surface area (Å²) in [5.41, 5.74) is 6.38. The van der Waals surface area contributed by atoms with Crippen LogP contribution in [0.15, 0.2) is 54.6 Å². The van der Waals surface area contributed by atoms with Gasteiger partial charge in [-0.1, -0.05) is 30.3 Å².